The predicted octanol–water partition coefficient (Wildman–Crippen LogP) is 6.93. The van der Waals surface area contributed by atoms with Crippen LogP contribution in [0.2, 0.25) is 0 Å². The lowest BCUT2D eigenvalue weighted by Crippen LogP contribution is -2.26. The highest BCUT2D eigenvalue weighted by molar-refractivity contribution is 7.27. The van der Waals surface area contributed by atoms with Gasteiger partial charge in [-0.05, 0) is 71.3 Å². The summed E-state index contributed by atoms with van der Waals surface area (Å²) >= 11 is 0. The molecule has 1 aromatic carbocycles. The maximum atomic E-state index is 4.22. The van der Waals surface area contributed by atoms with Gasteiger partial charge in [0.2, 0.25) is 0 Å². The highest BCUT2D eigenvalue weighted by atomic mass is 31.0. The SMILES string of the molecule is CCC1(CC)CC(C)(C)c2c1cc1c(c2[PH-])C(C)(C)CC1(CC)CC. The first kappa shape index (κ1) is 19.4. The average Bonchev–Trinajstić information content (AvgIpc) is 2.94. The summed E-state index contributed by atoms with van der Waals surface area (Å²) in [6, 6.07) is 2.68. The molecule has 0 bridgehead atoms. The van der Waals surface area contributed by atoms with E-state index in [-0.39, 0.29) is 10.8 Å². The van der Waals surface area contributed by atoms with Crippen LogP contribution in [0.1, 0.15) is 116 Å². The van der Waals surface area contributed by atoms with Gasteiger partial charge in [0.1, 0.15) is 0 Å². The van der Waals surface area contributed by atoms with Gasteiger partial charge in [-0.2, -0.15) is 5.30 Å². The van der Waals surface area contributed by atoms with E-state index in [4.69, 9.17) is 0 Å². The monoisotopic (exact) mass is 357 g/mol. The van der Waals surface area contributed by atoms with Crippen molar-refractivity contribution in [2.24, 2.45) is 0 Å². The van der Waals surface area contributed by atoms with Gasteiger partial charge in [0.15, 0.2) is 0 Å². The summed E-state index contributed by atoms with van der Waals surface area (Å²) in [5.41, 5.74) is 7.78. The van der Waals surface area contributed by atoms with Crippen LogP contribution >= 0.6 is 9.24 Å². The Morgan fingerprint density at radius 2 is 1.04 bits per heavy atom. The zero-order valence-corrected chi connectivity index (χ0v) is 18.8. The molecule has 0 nitrogen and oxygen atoms in total. The normalized spacial score (nSPS) is 24.2. The number of benzene rings is 1. The Bertz CT molecular complexity index is 628. The van der Waals surface area contributed by atoms with E-state index in [1.165, 1.54) is 43.8 Å². The molecule has 2 aliphatic rings. The van der Waals surface area contributed by atoms with E-state index in [9.17, 15) is 0 Å². The third-order valence-corrected chi connectivity index (χ3v) is 8.59. The van der Waals surface area contributed by atoms with Gasteiger partial charge in [-0.15, -0.1) is 0 Å². The second kappa shape index (κ2) is 5.82. The van der Waals surface area contributed by atoms with Crippen LogP contribution in [-0.4, -0.2) is 0 Å². The van der Waals surface area contributed by atoms with Crippen molar-refractivity contribution in [3.8, 4) is 0 Å². The van der Waals surface area contributed by atoms with Crippen molar-refractivity contribution in [3.05, 3.63) is 28.3 Å². The first-order valence-electron chi connectivity index (χ1n) is 10.5. The van der Waals surface area contributed by atoms with E-state index in [2.05, 4.69) is 70.7 Å². The lowest BCUT2D eigenvalue weighted by atomic mass is 9.72. The van der Waals surface area contributed by atoms with E-state index >= 15 is 0 Å². The van der Waals surface area contributed by atoms with Crippen molar-refractivity contribution < 1.29 is 0 Å². The molecule has 140 valence electrons. The van der Waals surface area contributed by atoms with Crippen molar-refractivity contribution in [1.82, 2.24) is 0 Å². The molecule has 0 saturated carbocycles. The molecule has 1 heteroatoms. The Kier molecular flexibility index (Phi) is 4.52. The highest BCUT2D eigenvalue weighted by Crippen LogP contribution is 2.59. The molecule has 0 fully saturated rings. The van der Waals surface area contributed by atoms with Crippen LogP contribution in [0.15, 0.2) is 6.07 Å². The lowest BCUT2D eigenvalue weighted by Gasteiger charge is -2.33. The van der Waals surface area contributed by atoms with Crippen LogP contribution < -0.4 is 5.30 Å². The van der Waals surface area contributed by atoms with Crippen molar-refractivity contribution in [2.75, 3.05) is 0 Å². The van der Waals surface area contributed by atoms with Gasteiger partial charge >= 0.3 is 0 Å². The van der Waals surface area contributed by atoms with Gasteiger partial charge in [0.25, 0.3) is 0 Å². The first-order valence-corrected chi connectivity index (χ1v) is 11.0. The van der Waals surface area contributed by atoms with E-state index in [0.717, 1.165) is 0 Å². The van der Waals surface area contributed by atoms with Crippen LogP contribution in [0.25, 0.3) is 0 Å². The summed E-state index contributed by atoms with van der Waals surface area (Å²) in [6.45, 7) is 19.4. The van der Waals surface area contributed by atoms with Gasteiger partial charge in [-0.25, -0.2) is 0 Å². The number of fused-ring (bicyclic) bond motifs is 2. The van der Waals surface area contributed by atoms with Crippen LogP contribution in [-0.2, 0) is 21.7 Å². The smallest absolute Gasteiger partial charge is 0.00417 e. The Morgan fingerprint density at radius 3 is 1.32 bits per heavy atom. The molecule has 1 aromatic rings. The maximum absolute atomic E-state index is 4.22. The third-order valence-electron chi connectivity index (χ3n) is 8.09. The fraction of sp³-hybridized carbons (Fsp3) is 0.750. The molecule has 3 rings (SSSR count). The fourth-order valence-electron chi connectivity index (χ4n) is 6.75. The molecule has 0 aliphatic heterocycles. The van der Waals surface area contributed by atoms with Gasteiger partial charge < -0.3 is 9.24 Å². The molecule has 2 aliphatic carbocycles. The topological polar surface area (TPSA) is 0 Å². The zero-order chi connectivity index (χ0) is 18.8. The molecule has 0 aromatic heterocycles. The lowest BCUT2D eigenvalue weighted by molar-refractivity contribution is 0.322. The molecule has 0 saturated heterocycles. The first-order chi connectivity index (χ1) is 11.5. The van der Waals surface area contributed by atoms with Crippen molar-refractivity contribution in [1.29, 1.82) is 0 Å². The molecule has 0 heterocycles. The third kappa shape index (κ3) is 2.42. The zero-order valence-electron chi connectivity index (χ0n) is 17.8. The van der Waals surface area contributed by atoms with E-state index < -0.39 is 0 Å². The number of hydrogen-bond acceptors (Lipinski definition) is 0. The molecule has 0 radical (unpaired) electrons. The molecule has 0 spiro atoms. The highest BCUT2D eigenvalue weighted by Gasteiger charge is 2.51. The minimum Gasteiger partial charge on any atom is -0.524 e. The Labute approximate surface area is 158 Å². The summed E-state index contributed by atoms with van der Waals surface area (Å²) in [4.78, 5) is 0. The standard InChI is InChI=1S/C24H38P/c1-9-23(10-2)14-21(5,6)18-16(23)13-17-19(20(18)25)22(7,8)15-24(17,11-3)12-4/h13,25H,9-12,14-15H2,1-8H3/q-1. The summed E-state index contributed by atoms with van der Waals surface area (Å²) in [6.07, 6.45) is 7.57. The van der Waals surface area contributed by atoms with E-state index in [0.29, 0.717) is 10.8 Å². The van der Waals surface area contributed by atoms with Crippen LogP contribution in [0.3, 0.4) is 0 Å². The van der Waals surface area contributed by atoms with Crippen molar-refractivity contribution in [2.45, 2.75) is 116 Å². The summed E-state index contributed by atoms with van der Waals surface area (Å²) in [5, 5.41) is 1.44. The fourth-order valence-corrected chi connectivity index (χ4v) is 7.69. The molecule has 25 heavy (non-hydrogen) atoms. The largest absolute Gasteiger partial charge is 0.524 e. The molecular weight excluding hydrogens is 319 g/mol. The summed E-state index contributed by atoms with van der Waals surface area (Å²) < 4.78 is 0. The molecular formula is C24H38P-. The van der Waals surface area contributed by atoms with Crippen LogP contribution in [0.4, 0.5) is 0 Å². The average molecular weight is 358 g/mol. The van der Waals surface area contributed by atoms with Gasteiger partial charge in [0, 0.05) is 0 Å². The Hall–Kier alpha value is -0.350. The molecule has 0 unspecified atom stereocenters. The van der Waals surface area contributed by atoms with Gasteiger partial charge in [-0.1, -0.05) is 72.6 Å². The maximum Gasteiger partial charge on any atom is -0.00417 e. The summed E-state index contributed by atoms with van der Waals surface area (Å²) in [5.74, 6) is 0. The molecule has 0 atom stereocenters. The van der Waals surface area contributed by atoms with Crippen molar-refractivity contribution >= 4 is 14.5 Å². The van der Waals surface area contributed by atoms with Crippen LogP contribution in [0, 0.1) is 0 Å². The Morgan fingerprint density at radius 1 is 0.720 bits per heavy atom. The minimum absolute atomic E-state index is 0.257. The summed E-state index contributed by atoms with van der Waals surface area (Å²) in [7, 11) is 4.22. The second-order valence-electron chi connectivity index (χ2n) is 10.2. The quantitative estimate of drug-likeness (QED) is 0.512. The molecule has 0 N–H and O–H groups in total. The predicted molar refractivity (Wildman–Crippen MR) is 114 cm³/mol. The van der Waals surface area contributed by atoms with E-state index in [1.54, 1.807) is 22.3 Å². The van der Waals surface area contributed by atoms with Gasteiger partial charge in [-0.3, -0.25) is 0 Å². The van der Waals surface area contributed by atoms with Gasteiger partial charge in [0.05, 0.1) is 0 Å². The Balaban J connectivity index is 2.41. The molecule has 0 amide bonds. The van der Waals surface area contributed by atoms with Crippen LogP contribution in [0.5, 0.6) is 0 Å². The number of rotatable bonds is 4. The number of hydrogen-bond donors (Lipinski definition) is 0. The minimum atomic E-state index is 0.257. The van der Waals surface area contributed by atoms with Crippen molar-refractivity contribution in [3.63, 3.8) is 0 Å². The van der Waals surface area contributed by atoms with E-state index in [1.807, 2.05) is 0 Å². The second-order valence-corrected chi connectivity index (χ2v) is 10.7.